The lowest BCUT2D eigenvalue weighted by Gasteiger charge is -2.30. The second kappa shape index (κ2) is 8.32. The van der Waals surface area contributed by atoms with Crippen molar-refractivity contribution in [2.75, 3.05) is 7.05 Å². The highest BCUT2D eigenvalue weighted by atomic mass is 16.2. The molecular formula is C19H24N2O. The predicted molar refractivity (Wildman–Crippen MR) is 93.7 cm³/mol. The van der Waals surface area contributed by atoms with Crippen LogP contribution in [-0.2, 0) is 4.79 Å². The van der Waals surface area contributed by atoms with E-state index in [1.807, 2.05) is 30.3 Å². The molecule has 116 valence electrons. The molecule has 0 heterocycles. The Morgan fingerprint density at radius 3 is 2.55 bits per heavy atom. The van der Waals surface area contributed by atoms with Gasteiger partial charge in [-0.3, -0.25) is 14.7 Å². The Balaban J connectivity index is 2.13. The SMILES string of the molecule is C=Cc1ccccc1/C=C/C(=O)N(C=NC)C1CCCCC1. The van der Waals surface area contributed by atoms with Crippen molar-refractivity contribution in [3.8, 4) is 0 Å². The molecule has 0 spiro atoms. The van der Waals surface area contributed by atoms with Crippen LogP contribution < -0.4 is 0 Å². The third kappa shape index (κ3) is 4.17. The van der Waals surface area contributed by atoms with Crippen LogP contribution in [0.4, 0.5) is 0 Å². The molecule has 0 radical (unpaired) electrons. The van der Waals surface area contributed by atoms with Crippen molar-refractivity contribution in [3.63, 3.8) is 0 Å². The summed E-state index contributed by atoms with van der Waals surface area (Å²) in [7, 11) is 1.71. The number of carbonyl (C=O) groups excluding carboxylic acids is 1. The maximum Gasteiger partial charge on any atom is 0.251 e. The fourth-order valence-corrected chi connectivity index (χ4v) is 2.91. The summed E-state index contributed by atoms with van der Waals surface area (Å²) in [5, 5.41) is 0. The minimum absolute atomic E-state index is 0.00337. The van der Waals surface area contributed by atoms with Gasteiger partial charge in [0.1, 0.15) is 0 Å². The lowest BCUT2D eigenvalue weighted by Crippen LogP contribution is -2.39. The first-order valence-electron chi connectivity index (χ1n) is 7.90. The maximum absolute atomic E-state index is 12.5. The number of nitrogens with zero attached hydrogens (tertiary/aromatic N) is 2. The summed E-state index contributed by atoms with van der Waals surface area (Å²) in [6.07, 6.45) is 12.7. The Bertz CT molecular complexity index is 569. The summed E-state index contributed by atoms with van der Waals surface area (Å²) in [6, 6.07) is 8.19. The van der Waals surface area contributed by atoms with E-state index in [0.717, 1.165) is 24.0 Å². The van der Waals surface area contributed by atoms with Crippen LogP contribution in [-0.4, -0.2) is 30.2 Å². The minimum Gasteiger partial charge on any atom is -0.297 e. The largest absolute Gasteiger partial charge is 0.297 e. The standard InChI is InChI=1S/C19H24N2O/c1-3-16-9-7-8-10-17(16)13-14-19(22)21(15-20-2)18-11-5-4-6-12-18/h3,7-10,13-15,18H,1,4-6,11-12H2,2H3/b14-13+,20-15?. The molecule has 0 atom stereocenters. The average molecular weight is 296 g/mol. The number of aliphatic imine (C=N–C) groups is 1. The van der Waals surface area contributed by atoms with E-state index >= 15 is 0 Å². The van der Waals surface area contributed by atoms with Gasteiger partial charge >= 0.3 is 0 Å². The van der Waals surface area contributed by atoms with Gasteiger partial charge in [-0.1, -0.05) is 56.2 Å². The quantitative estimate of drug-likeness (QED) is 0.456. The molecule has 1 saturated carbocycles. The Labute approximate surface area is 133 Å². The highest BCUT2D eigenvalue weighted by Gasteiger charge is 2.22. The molecule has 1 amide bonds. The molecule has 3 nitrogen and oxygen atoms in total. The smallest absolute Gasteiger partial charge is 0.251 e. The van der Waals surface area contributed by atoms with E-state index in [-0.39, 0.29) is 11.9 Å². The van der Waals surface area contributed by atoms with Crippen LogP contribution in [0.3, 0.4) is 0 Å². The van der Waals surface area contributed by atoms with Crippen LogP contribution in [0.1, 0.15) is 43.2 Å². The van der Waals surface area contributed by atoms with Crippen LogP contribution in [0.25, 0.3) is 12.2 Å². The Kier molecular flexibility index (Phi) is 6.13. The van der Waals surface area contributed by atoms with Crippen molar-refractivity contribution >= 4 is 24.4 Å². The second-order valence-electron chi connectivity index (χ2n) is 5.58. The molecule has 1 aliphatic rings. The first-order chi connectivity index (χ1) is 10.8. The summed E-state index contributed by atoms with van der Waals surface area (Å²) in [5.41, 5.74) is 2.03. The molecule has 0 saturated heterocycles. The Morgan fingerprint density at radius 2 is 1.91 bits per heavy atom. The van der Waals surface area contributed by atoms with Crippen LogP contribution >= 0.6 is 0 Å². The zero-order valence-corrected chi connectivity index (χ0v) is 13.2. The number of hydrogen-bond donors (Lipinski definition) is 0. The third-order valence-corrected chi connectivity index (χ3v) is 4.08. The monoisotopic (exact) mass is 296 g/mol. The Morgan fingerprint density at radius 1 is 1.23 bits per heavy atom. The number of carbonyl (C=O) groups is 1. The molecule has 0 N–H and O–H groups in total. The van der Waals surface area contributed by atoms with Crippen molar-refractivity contribution in [2.45, 2.75) is 38.1 Å². The van der Waals surface area contributed by atoms with Crippen LogP contribution in [0.15, 0.2) is 41.9 Å². The molecular weight excluding hydrogens is 272 g/mol. The molecule has 0 aromatic heterocycles. The van der Waals surface area contributed by atoms with Crippen molar-refractivity contribution in [1.82, 2.24) is 4.90 Å². The first-order valence-corrected chi connectivity index (χ1v) is 7.90. The average Bonchev–Trinajstić information content (AvgIpc) is 2.58. The summed E-state index contributed by atoms with van der Waals surface area (Å²) in [4.78, 5) is 18.4. The highest BCUT2D eigenvalue weighted by molar-refractivity contribution is 5.99. The number of hydrogen-bond acceptors (Lipinski definition) is 2. The van der Waals surface area contributed by atoms with Gasteiger partial charge in [-0.15, -0.1) is 0 Å². The van der Waals surface area contributed by atoms with Crippen molar-refractivity contribution in [2.24, 2.45) is 4.99 Å². The van der Waals surface area contributed by atoms with E-state index in [4.69, 9.17) is 0 Å². The van der Waals surface area contributed by atoms with Gasteiger partial charge in [0.05, 0.1) is 6.34 Å². The van der Waals surface area contributed by atoms with Crippen molar-refractivity contribution in [1.29, 1.82) is 0 Å². The number of rotatable bonds is 5. The third-order valence-electron chi connectivity index (χ3n) is 4.08. The molecule has 0 aliphatic heterocycles. The number of benzene rings is 1. The second-order valence-corrected chi connectivity index (χ2v) is 5.58. The minimum atomic E-state index is -0.00337. The van der Waals surface area contributed by atoms with Gasteiger partial charge in [0, 0.05) is 19.2 Å². The van der Waals surface area contributed by atoms with Crippen LogP contribution in [0, 0.1) is 0 Å². The topological polar surface area (TPSA) is 32.7 Å². The zero-order chi connectivity index (χ0) is 15.8. The van der Waals surface area contributed by atoms with Gasteiger partial charge in [0.25, 0.3) is 5.91 Å². The van der Waals surface area contributed by atoms with E-state index in [1.54, 1.807) is 30.4 Å². The molecule has 0 bridgehead atoms. The molecule has 0 unspecified atom stereocenters. The fourth-order valence-electron chi connectivity index (χ4n) is 2.91. The summed E-state index contributed by atoms with van der Waals surface area (Å²) in [6.45, 7) is 3.81. The van der Waals surface area contributed by atoms with Crippen LogP contribution in [0.5, 0.6) is 0 Å². The molecule has 1 fully saturated rings. The van der Waals surface area contributed by atoms with Gasteiger partial charge in [-0.2, -0.15) is 0 Å². The van der Waals surface area contributed by atoms with Gasteiger partial charge < -0.3 is 0 Å². The zero-order valence-electron chi connectivity index (χ0n) is 13.2. The fraction of sp³-hybridized carbons (Fsp3) is 0.368. The Hall–Kier alpha value is -2.16. The molecule has 1 aliphatic carbocycles. The molecule has 3 heteroatoms. The molecule has 2 rings (SSSR count). The van der Waals surface area contributed by atoms with E-state index in [9.17, 15) is 4.79 Å². The summed E-state index contributed by atoms with van der Waals surface area (Å²) in [5.74, 6) is -0.00337. The van der Waals surface area contributed by atoms with Gasteiger partial charge in [0.15, 0.2) is 0 Å². The van der Waals surface area contributed by atoms with E-state index < -0.39 is 0 Å². The number of amides is 1. The normalized spacial score (nSPS) is 16.2. The van der Waals surface area contributed by atoms with Crippen LogP contribution in [0.2, 0.25) is 0 Å². The summed E-state index contributed by atoms with van der Waals surface area (Å²) >= 11 is 0. The predicted octanol–water partition coefficient (Wildman–Crippen LogP) is 4.16. The van der Waals surface area contributed by atoms with E-state index in [0.29, 0.717) is 0 Å². The van der Waals surface area contributed by atoms with Crippen molar-refractivity contribution < 1.29 is 4.79 Å². The first kappa shape index (κ1) is 16.2. The van der Waals surface area contributed by atoms with E-state index in [1.165, 1.54) is 19.3 Å². The van der Waals surface area contributed by atoms with Gasteiger partial charge in [-0.05, 0) is 30.0 Å². The lowest BCUT2D eigenvalue weighted by molar-refractivity contribution is -0.124. The molecule has 1 aromatic carbocycles. The molecule has 22 heavy (non-hydrogen) atoms. The van der Waals surface area contributed by atoms with Crippen molar-refractivity contribution in [3.05, 3.63) is 48.0 Å². The maximum atomic E-state index is 12.5. The molecule has 1 aromatic rings. The highest BCUT2D eigenvalue weighted by Crippen LogP contribution is 2.22. The lowest BCUT2D eigenvalue weighted by atomic mass is 9.94. The van der Waals surface area contributed by atoms with E-state index in [2.05, 4.69) is 11.6 Å². The van der Waals surface area contributed by atoms with Gasteiger partial charge in [0.2, 0.25) is 0 Å². The van der Waals surface area contributed by atoms with Gasteiger partial charge in [-0.25, -0.2) is 0 Å². The summed E-state index contributed by atoms with van der Waals surface area (Å²) < 4.78 is 0.